The molecule has 2 N–H and O–H groups in total. The number of guanidine groups is 1. The van der Waals surface area contributed by atoms with Gasteiger partial charge in [-0.1, -0.05) is 6.42 Å². The number of carbonyl (C=O) groups excluding carboxylic acids is 1. The van der Waals surface area contributed by atoms with Crippen LogP contribution in [-0.4, -0.2) is 87.7 Å². The van der Waals surface area contributed by atoms with Crippen molar-refractivity contribution in [1.82, 2.24) is 20.4 Å². The number of hydrogen-bond donors (Lipinski definition) is 2. The number of nitrogens with one attached hydrogen (secondary N) is 2. The molecule has 7 nitrogen and oxygen atoms in total. The van der Waals surface area contributed by atoms with Crippen molar-refractivity contribution in [2.24, 2.45) is 16.3 Å². The number of hydrogen-bond acceptors (Lipinski definition) is 4. The van der Waals surface area contributed by atoms with E-state index in [1.54, 1.807) is 7.11 Å². The standard InChI is InChI=1S/C20H37N5O2.HI/c1-3-21-19(23-16-20(7-4-8-20)17-5-6-17)25-12-10-24(11-13-25)15-18(26)22-9-14-27-2;/h17H,3-16H2,1-2H3,(H,21,23)(H,22,26);1H. The maximum atomic E-state index is 12.0. The van der Waals surface area contributed by atoms with Gasteiger partial charge in [-0.2, -0.15) is 0 Å². The lowest BCUT2D eigenvalue weighted by Crippen LogP contribution is -2.54. The van der Waals surface area contributed by atoms with E-state index in [1.165, 1.54) is 32.1 Å². The van der Waals surface area contributed by atoms with E-state index in [9.17, 15) is 4.79 Å². The van der Waals surface area contributed by atoms with Gasteiger partial charge in [0.1, 0.15) is 0 Å². The predicted molar refractivity (Wildman–Crippen MR) is 123 cm³/mol. The smallest absolute Gasteiger partial charge is 0.234 e. The summed E-state index contributed by atoms with van der Waals surface area (Å²) in [5.41, 5.74) is 0.517. The fraction of sp³-hybridized carbons (Fsp3) is 0.900. The highest BCUT2D eigenvalue weighted by Gasteiger charge is 2.48. The van der Waals surface area contributed by atoms with E-state index >= 15 is 0 Å². The normalized spacial score (nSPS) is 22.2. The maximum absolute atomic E-state index is 12.0. The first-order valence-electron chi connectivity index (χ1n) is 10.7. The van der Waals surface area contributed by atoms with Gasteiger partial charge in [-0.25, -0.2) is 0 Å². The van der Waals surface area contributed by atoms with E-state index in [0.717, 1.165) is 51.1 Å². The molecular weight excluding hydrogens is 469 g/mol. The third kappa shape index (κ3) is 6.45. The van der Waals surface area contributed by atoms with Gasteiger partial charge < -0.3 is 20.3 Å². The number of piperazine rings is 1. The number of ether oxygens (including phenoxy) is 1. The van der Waals surface area contributed by atoms with E-state index in [1.807, 2.05) is 0 Å². The first-order chi connectivity index (χ1) is 13.2. The molecule has 0 spiro atoms. The Labute approximate surface area is 187 Å². The SMILES string of the molecule is CCNC(=NCC1(C2CC2)CCC1)N1CCN(CC(=O)NCCOC)CC1.I. The van der Waals surface area contributed by atoms with Crippen molar-refractivity contribution in [3.05, 3.63) is 0 Å². The Kier molecular flexibility index (Phi) is 9.76. The molecule has 0 unspecified atom stereocenters. The van der Waals surface area contributed by atoms with E-state index in [4.69, 9.17) is 9.73 Å². The maximum Gasteiger partial charge on any atom is 0.234 e. The number of aliphatic imine (C=N–C) groups is 1. The van der Waals surface area contributed by atoms with E-state index in [2.05, 4.69) is 27.4 Å². The van der Waals surface area contributed by atoms with Crippen LogP contribution in [0.5, 0.6) is 0 Å². The quantitative estimate of drug-likeness (QED) is 0.215. The summed E-state index contributed by atoms with van der Waals surface area (Å²) < 4.78 is 4.97. The van der Waals surface area contributed by atoms with Crippen molar-refractivity contribution in [3.8, 4) is 0 Å². The lowest BCUT2D eigenvalue weighted by molar-refractivity contribution is -0.122. The Hall–Kier alpha value is -0.610. The van der Waals surface area contributed by atoms with Crippen LogP contribution in [0.3, 0.4) is 0 Å². The van der Waals surface area contributed by atoms with E-state index in [-0.39, 0.29) is 29.9 Å². The summed E-state index contributed by atoms with van der Waals surface area (Å²) >= 11 is 0. The second-order valence-corrected chi connectivity index (χ2v) is 8.27. The van der Waals surface area contributed by atoms with Gasteiger partial charge in [0.25, 0.3) is 0 Å². The highest BCUT2D eigenvalue weighted by Crippen LogP contribution is 2.57. The van der Waals surface area contributed by atoms with Crippen LogP contribution in [0.1, 0.15) is 39.0 Å². The minimum Gasteiger partial charge on any atom is -0.383 e. The van der Waals surface area contributed by atoms with E-state index < -0.39 is 0 Å². The summed E-state index contributed by atoms with van der Waals surface area (Å²) in [6.45, 7) is 9.28. The second kappa shape index (κ2) is 11.5. The number of amides is 1. The molecule has 3 rings (SSSR count). The lowest BCUT2D eigenvalue weighted by atomic mass is 9.65. The largest absolute Gasteiger partial charge is 0.383 e. The Morgan fingerprint density at radius 3 is 2.43 bits per heavy atom. The van der Waals surface area contributed by atoms with Crippen LogP contribution in [0.4, 0.5) is 0 Å². The molecule has 1 heterocycles. The lowest BCUT2D eigenvalue weighted by Gasteiger charge is -2.42. The molecular formula is C20H38IN5O2. The molecule has 0 radical (unpaired) electrons. The van der Waals surface area contributed by atoms with E-state index in [0.29, 0.717) is 25.1 Å². The van der Waals surface area contributed by atoms with Gasteiger partial charge in [0.05, 0.1) is 13.2 Å². The van der Waals surface area contributed by atoms with Gasteiger partial charge in [-0.15, -0.1) is 24.0 Å². The highest BCUT2D eigenvalue weighted by atomic mass is 127. The number of methoxy groups -OCH3 is 1. The van der Waals surface area contributed by atoms with Gasteiger partial charge in [0.15, 0.2) is 5.96 Å². The average Bonchev–Trinajstić information content (AvgIpc) is 3.46. The van der Waals surface area contributed by atoms with Crippen molar-refractivity contribution in [1.29, 1.82) is 0 Å². The average molecular weight is 507 g/mol. The molecule has 3 fully saturated rings. The summed E-state index contributed by atoms with van der Waals surface area (Å²) in [5, 5.41) is 6.38. The van der Waals surface area contributed by atoms with Crippen molar-refractivity contribution < 1.29 is 9.53 Å². The van der Waals surface area contributed by atoms with Crippen molar-refractivity contribution >= 4 is 35.8 Å². The van der Waals surface area contributed by atoms with Crippen LogP contribution in [0.15, 0.2) is 4.99 Å². The zero-order chi connectivity index (χ0) is 19.1. The van der Waals surface area contributed by atoms with Crippen molar-refractivity contribution in [2.75, 3.05) is 66.1 Å². The van der Waals surface area contributed by atoms with Crippen LogP contribution >= 0.6 is 24.0 Å². The van der Waals surface area contributed by atoms with Crippen LogP contribution in [0.25, 0.3) is 0 Å². The molecule has 1 aliphatic heterocycles. The van der Waals surface area contributed by atoms with Crippen LogP contribution in [0, 0.1) is 11.3 Å². The first kappa shape index (κ1) is 23.7. The molecule has 2 saturated carbocycles. The third-order valence-electron chi connectivity index (χ3n) is 6.34. The van der Waals surface area contributed by atoms with Gasteiger partial charge in [-0.3, -0.25) is 14.7 Å². The summed E-state index contributed by atoms with van der Waals surface area (Å²) in [7, 11) is 1.65. The molecule has 0 atom stereocenters. The topological polar surface area (TPSA) is 69.2 Å². The zero-order valence-corrected chi connectivity index (χ0v) is 19.9. The molecule has 162 valence electrons. The predicted octanol–water partition coefficient (Wildman–Crippen LogP) is 1.53. The van der Waals surface area contributed by atoms with Gasteiger partial charge in [-0.05, 0) is 43.9 Å². The first-order valence-corrected chi connectivity index (χ1v) is 10.7. The molecule has 3 aliphatic rings. The van der Waals surface area contributed by atoms with Crippen molar-refractivity contribution in [2.45, 2.75) is 39.0 Å². The molecule has 0 aromatic heterocycles. The second-order valence-electron chi connectivity index (χ2n) is 8.27. The Morgan fingerprint density at radius 1 is 1.18 bits per heavy atom. The monoisotopic (exact) mass is 507 g/mol. The molecule has 1 amide bonds. The molecule has 0 bridgehead atoms. The summed E-state index contributed by atoms with van der Waals surface area (Å²) in [4.78, 5) is 21.6. The number of nitrogens with zero attached hydrogens (tertiary/aromatic N) is 3. The number of carbonyl (C=O) groups is 1. The third-order valence-corrected chi connectivity index (χ3v) is 6.34. The van der Waals surface area contributed by atoms with Crippen LogP contribution in [-0.2, 0) is 9.53 Å². The molecule has 8 heteroatoms. The van der Waals surface area contributed by atoms with Crippen molar-refractivity contribution in [3.63, 3.8) is 0 Å². The minimum atomic E-state index is 0. The highest BCUT2D eigenvalue weighted by molar-refractivity contribution is 14.0. The molecule has 0 aromatic carbocycles. The fourth-order valence-electron chi connectivity index (χ4n) is 4.35. The summed E-state index contributed by atoms with van der Waals surface area (Å²) in [6, 6.07) is 0. The minimum absolute atomic E-state index is 0. The Bertz CT molecular complexity index is 515. The van der Waals surface area contributed by atoms with Crippen LogP contribution < -0.4 is 10.6 Å². The Balaban J connectivity index is 0.00000280. The van der Waals surface area contributed by atoms with Gasteiger partial charge >= 0.3 is 0 Å². The number of halogens is 1. The molecule has 28 heavy (non-hydrogen) atoms. The van der Waals surface area contributed by atoms with Crippen LogP contribution in [0.2, 0.25) is 0 Å². The van der Waals surface area contributed by atoms with Gasteiger partial charge in [0, 0.05) is 52.9 Å². The zero-order valence-electron chi connectivity index (χ0n) is 17.5. The summed E-state index contributed by atoms with van der Waals surface area (Å²) in [6.07, 6.45) is 6.95. The summed E-state index contributed by atoms with van der Waals surface area (Å²) in [5.74, 6) is 2.08. The van der Waals surface area contributed by atoms with Gasteiger partial charge in [0.2, 0.25) is 5.91 Å². The number of rotatable bonds is 9. The molecule has 1 saturated heterocycles. The molecule has 2 aliphatic carbocycles. The Morgan fingerprint density at radius 2 is 1.89 bits per heavy atom. The molecule has 0 aromatic rings. The fourth-order valence-corrected chi connectivity index (χ4v) is 4.35.